The lowest BCUT2D eigenvalue weighted by atomic mass is 9.98. The summed E-state index contributed by atoms with van der Waals surface area (Å²) in [6.07, 6.45) is 5.37. The van der Waals surface area contributed by atoms with Crippen LogP contribution in [-0.4, -0.2) is 13.2 Å². The highest BCUT2D eigenvalue weighted by atomic mass is 19.2. The minimum absolute atomic E-state index is 0.0830. The quantitative estimate of drug-likeness (QED) is 0.376. The van der Waals surface area contributed by atoms with Crippen LogP contribution in [0.4, 0.5) is 8.78 Å². The highest BCUT2D eigenvalue weighted by Crippen LogP contribution is 2.31. The second-order valence-electron chi connectivity index (χ2n) is 7.46. The molecule has 0 aliphatic rings. The maximum atomic E-state index is 14.6. The summed E-state index contributed by atoms with van der Waals surface area (Å²) in [6, 6.07) is 19.1. The molecule has 0 bridgehead atoms. The molecular formula is C26H29F2NO. The van der Waals surface area contributed by atoms with E-state index < -0.39 is 11.6 Å². The summed E-state index contributed by atoms with van der Waals surface area (Å²) < 4.78 is 34.2. The maximum Gasteiger partial charge on any atom is 0.201 e. The molecule has 0 aliphatic carbocycles. The molecule has 3 rings (SSSR count). The standard InChI is InChI=1S/C26H29F2NO/c1-2-3-4-6-19-7-9-20(10-8-19)21-11-13-22(14-12-21)23-15-16-24(26(28)25(23)27)30-18-5-17-29/h7-16H,2-6,17-18,29H2,1H3. The van der Waals surface area contributed by atoms with Crippen LogP contribution in [0.1, 0.15) is 38.2 Å². The number of halogens is 2. The fourth-order valence-electron chi connectivity index (χ4n) is 3.42. The van der Waals surface area contributed by atoms with Gasteiger partial charge >= 0.3 is 0 Å². The first-order valence-electron chi connectivity index (χ1n) is 10.6. The lowest BCUT2D eigenvalue weighted by Gasteiger charge is -2.11. The van der Waals surface area contributed by atoms with Gasteiger partial charge in [0.15, 0.2) is 11.6 Å². The molecule has 0 saturated carbocycles. The summed E-state index contributed by atoms with van der Waals surface area (Å²) in [5.41, 5.74) is 9.74. The van der Waals surface area contributed by atoms with E-state index in [1.165, 1.54) is 30.9 Å². The highest BCUT2D eigenvalue weighted by Gasteiger charge is 2.16. The molecule has 0 unspecified atom stereocenters. The molecule has 30 heavy (non-hydrogen) atoms. The zero-order valence-corrected chi connectivity index (χ0v) is 17.5. The van der Waals surface area contributed by atoms with E-state index in [2.05, 4.69) is 31.2 Å². The summed E-state index contributed by atoms with van der Waals surface area (Å²) in [5.74, 6) is -1.95. The third kappa shape index (κ3) is 5.45. The molecule has 0 saturated heterocycles. The predicted molar refractivity (Wildman–Crippen MR) is 120 cm³/mol. The molecular weight excluding hydrogens is 380 g/mol. The van der Waals surface area contributed by atoms with Crippen LogP contribution in [0.5, 0.6) is 5.75 Å². The molecule has 2 nitrogen and oxygen atoms in total. The van der Waals surface area contributed by atoms with E-state index in [0.29, 0.717) is 18.5 Å². The van der Waals surface area contributed by atoms with Crippen LogP contribution in [0.2, 0.25) is 0 Å². The molecule has 0 amide bonds. The first-order valence-corrected chi connectivity index (χ1v) is 10.6. The summed E-state index contributed by atoms with van der Waals surface area (Å²) in [5, 5.41) is 0. The van der Waals surface area contributed by atoms with Crippen molar-refractivity contribution in [2.75, 3.05) is 13.2 Å². The summed E-state index contributed by atoms with van der Waals surface area (Å²) in [7, 11) is 0. The van der Waals surface area contributed by atoms with Gasteiger partial charge in [0.25, 0.3) is 0 Å². The van der Waals surface area contributed by atoms with E-state index in [1.807, 2.05) is 24.3 Å². The molecule has 0 fully saturated rings. The number of hydrogen-bond acceptors (Lipinski definition) is 2. The molecule has 158 valence electrons. The zero-order valence-electron chi connectivity index (χ0n) is 17.5. The van der Waals surface area contributed by atoms with Gasteiger partial charge in [0.2, 0.25) is 5.82 Å². The number of hydrogen-bond donors (Lipinski definition) is 1. The predicted octanol–water partition coefficient (Wildman–Crippen LogP) is 6.76. The van der Waals surface area contributed by atoms with Crippen LogP contribution in [-0.2, 0) is 6.42 Å². The smallest absolute Gasteiger partial charge is 0.201 e. The first-order chi connectivity index (χ1) is 14.6. The molecule has 0 spiro atoms. The molecule has 2 N–H and O–H groups in total. The topological polar surface area (TPSA) is 35.2 Å². The monoisotopic (exact) mass is 409 g/mol. The third-order valence-corrected chi connectivity index (χ3v) is 5.21. The molecule has 3 aromatic rings. The van der Waals surface area contributed by atoms with Crippen molar-refractivity contribution < 1.29 is 13.5 Å². The van der Waals surface area contributed by atoms with Gasteiger partial charge < -0.3 is 10.5 Å². The van der Waals surface area contributed by atoms with Crippen LogP contribution in [0.25, 0.3) is 22.3 Å². The Kier molecular flexibility index (Phi) is 7.97. The minimum Gasteiger partial charge on any atom is -0.490 e. The summed E-state index contributed by atoms with van der Waals surface area (Å²) in [4.78, 5) is 0. The van der Waals surface area contributed by atoms with Gasteiger partial charge in [-0.05, 0) is 60.2 Å². The van der Waals surface area contributed by atoms with Gasteiger partial charge in [0.05, 0.1) is 6.61 Å². The Morgan fingerprint density at radius 3 is 2.00 bits per heavy atom. The van der Waals surface area contributed by atoms with Crippen LogP contribution >= 0.6 is 0 Å². The van der Waals surface area contributed by atoms with Crippen LogP contribution < -0.4 is 10.5 Å². The van der Waals surface area contributed by atoms with Crippen molar-refractivity contribution in [1.29, 1.82) is 0 Å². The normalized spacial score (nSPS) is 10.9. The third-order valence-electron chi connectivity index (χ3n) is 5.21. The maximum absolute atomic E-state index is 14.6. The molecule has 0 aromatic heterocycles. The second kappa shape index (κ2) is 10.9. The zero-order chi connectivity index (χ0) is 21.3. The fraction of sp³-hybridized carbons (Fsp3) is 0.308. The molecule has 0 radical (unpaired) electrons. The molecule has 0 heterocycles. The molecule has 0 aliphatic heterocycles. The first kappa shape index (κ1) is 22.0. The largest absolute Gasteiger partial charge is 0.490 e. The minimum atomic E-state index is -0.966. The second-order valence-corrected chi connectivity index (χ2v) is 7.46. The lowest BCUT2D eigenvalue weighted by molar-refractivity contribution is 0.292. The number of rotatable bonds is 10. The van der Waals surface area contributed by atoms with Crippen molar-refractivity contribution in [3.8, 4) is 28.0 Å². The van der Waals surface area contributed by atoms with E-state index >= 15 is 0 Å². The number of ether oxygens (including phenoxy) is 1. The van der Waals surface area contributed by atoms with E-state index in [4.69, 9.17) is 10.5 Å². The Hall–Kier alpha value is -2.72. The fourth-order valence-corrected chi connectivity index (χ4v) is 3.42. The van der Waals surface area contributed by atoms with Gasteiger partial charge in [-0.3, -0.25) is 0 Å². The molecule has 0 atom stereocenters. The van der Waals surface area contributed by atoms with Crippen molar-refractivity contribution in [2.45, 2.75) is 39.0 Å². The van der Waals surface area contributed by atoms with Crippen molar-refractivity contribution >= 4 is 0 Å². The van der Waals surface area contributed by atoms with Gasteiger partial charge in [-0.15, -0.1) is 0 Å². The number of aryl methyl sites for hydroxylation is 1. The van der Waals surface area contributed by atoms with Crippen molar-refractivity contribution in [3.05, 3.63) is 77.9 Å². The van der Waals surface area contributed by atoms with Gasteiger partial charge in [-0.1, -0.05) is 68.3 Å². The van der Waals surface area contributed by atoms with Crippen LogP contribution in [0, 0.1) is 11.6 Å². The lowest BCUT2D eigenvalue weighted by Crippen LogP contribution is -2.07. The highest BCUT2D eigenvalue weighted by molar-refractivity contribution is 5.71. The molecule has 3 aromatic carbocycles. The Balaban J connectivity index is 1.73. The Morgan fingerprint density at radius 2 is 1.37 bits per heavy atom. The van der Waals surface area contributed by atoms with Crippen molar-refractivity contribution in [2.24, 2.45) is 5.73 Å². The average molecular weight is 410 g/mol. The molecule has 4 heteroatoms. The number of benzene rings is 3. The van der Waals surface area contributed by atoms with Gasteiger partial charge in [0, 0.05) is 5.56 Å². The summed E-state index contributed by atoms with van der Waals surface area (Å²) in [6.45, 7) is 2.91. The van der Waals surface area contributed by atoms with E-state index in [0.717, 1.165) is 17.5 Å². The SMILES string of the molecule is CCCCCc1ccc(-c2ccc(-c3ccc(OCCCN)c(F)c3F)cc2)cc1. The Bertz CT molecular complexity index is 936. The van der Waals surface area contributed by atoms with Gasteiger partial charge in [-0.25, -0.2) is 4.39 Å². The Morgan fingerprint density at radius 1 is 0.733 bits per heavy atom. The van der Waals surface area contributed by atoms with Gasteiger partial charge in [0.1, 0.15) is 0 Å². The van der Waals surface area contributed by atoms with E-state index in [-0.39, 0.29) is 17.9 Å². The van der Waals surface area contributed by atoms with Crippen LogP contribution in [0.15, 0.2) is 60.7 Å². The van der Waals surface area contributed by atoms with Crippen molar-refractivity contribution in [1.82, 2.24) is 0 Å². The van der Waals surface area contributed by atoms with Crippen molar-refractivity contribution in [3.63, 3.8) is 0 Å². The Labute approximate surface area is 177 Å². The number of nitrogens with two attached hydrogens (primary N) is 1. The van der Waals surface area contributed by atoms with Gasteiger partial charge in [-0.2, -0.15) is 4.39 Å². The number of unbranched alkanes of at least 4 members (excludes halogenated alkanes) is 2. The van der Waals surface area contributed by atoms with E-state index in [9.17, 15) is 8.78 Å². The van der Waals surface area contributed by atoms with Crippen LogP contribution in [0.3, 0.4) is 0 Å². The van der Waals surface area contributed by atoms with E-state index in [1.54, 1.807) is 6.07 Å². The summed E-state index contributed by atoms with van der Waals surface area (Å²) >= 11 is 0. The average Bonchev–Trinajstić information content (AvgIpc) is 2.78.